The number of halogens is 1. The summed E-state index contributed by atoms with van der Waals surface area (Å²) in [4.78, 5) is 25.2. The minimum absolute atomic E-state index is 0.287. The van der Waals surface area contributed by atoms with E-state index in [-0.39, 0.29) is 6.61 Å². The van der Waals surface area contributed by atoms with Crippen molar-refractivity contribution in [1.82, 2.24) is 0 Å². The molecule has 0 heterocycles. The molecule has 0 aliphatic rings. The van der Waals surface area contributed by atoms with Gasteiger partial charge in [-0.3, -0.25) is 0 Å². The van der Waals surface area contributed by atoms with E-state index in [9.17, 15) is 9.59 Å². The summed E-state index contributed by atoms with van der Waals surface area (Å²) in [5.74, 6) is -0.220. The molecule has 0 saturated carbocycles. The van der Waals surface area contributed by atoms with E-state index in [2.05, 4.69) is 15.9 Å². The summed E-state index contributed by atoms with van der Waals surface area (Å²) in [6.45, 7) is 0.711. The van der Waals surface area contributed by atoms with Crippen LogP contribution >= 0.6 is 15.9 Å². The van der Waals surface area contributed by atoms with E-state index < -0.39 is 11.9 Å². The lowest BCUT2D eigenvalue weighted by molar-refractivity contribution is 0.0509. The van der Waals surface area contributed by atoms with Crippen LogP contribution in [-0.2, 0) is 17.6 Å². The number of ether oxygens (including phenoxy) is 3. The van der Waals surface area contributed by atoms with E-state index >= 15 is 0 Å². The highest BCUT2D eigenvalue weighted by molar-refractivity contribution is 9.10. The molecule has 0 bridgehead atoms. The summed E-state index contributed by atoms with van der Waals surface area (Å²) in [6, 6.07) is 31.3. The quantitative estimate of drug-likeness (QED) is 0.164. The third-order valence-electron chi connectivity index (χ3n) is 5.42. The van der Waals surface area contributed by atoms with Crippen LogP contribution < -0.4 is 9.47 Å². The summed E-state index contributed by atoms with van der Waals surface area (Å²) in [7, 11) is 0. The first-order valence-corrected chi connectivity index (χ1v) is 12.4. The molecule has 0 saturated heterocycles. The molecule has 0 spiro atoms. The SMILES string of the molecule is O=C(OCCc1ccccc1)c1ccc(OC(=O)c2cc(Br)ccc2OCCc2ccccc2)cc1. The topological polar surface area (TPSA) is 61.8 Å². The molecule has 0 unspecified atom stereocenters. The molecular weight excluding hydrogens is 520 g/mol. The van der Waals surface area contributed by atoms with Gasteiger partial charge in [-0.2, -0.15) is 0 Å². The third-order valence-corrected chi connectivity index (χ3v) is 5.91. The Morgan fingerprint density at radius 2 is 1.28 bits per heavy atom. The maximum absolute atomic E-state index is 12.9. The maximum atomic E-state index is 12.9. The summed E-state index contributed by atoms with van der Waals surface area (Å²) < 4.78 is 17.5. The van der Waals surface area contributed by atoms with Gasteiger partial charge in [0.2, 0.25) is 0 Å². The lowest BCUT2D eigenvalue weighted by Gasteiger charge is -2.12. The molecule has 0 aliphatic carbocycles. The predicted molar refractivity (Wildman–Crippen MR) is 142 cm³/mol. The van der Waals surface area contributed by atoms with Crippen molar-refractivity contribution in [3.05, 3.63) is 130 Å². The van der Waals surface area contributed by atoms with Gasteiger partial charge in [0.25, 0.3) is 0 Å². The zero-order chi connectivity index (χ0) is 25.2. The molecule has 0 aliphatic heterocycles. The van der Waals surface area contributed by atoms with Crippen LogP contribution in [0.1, 0.15) is 31.8 Å². The number of esters is 2. The zero-order valence-electron chi connectivity index (χ0n) is 19.6. The second-order valence-corrected chi connectivity index (χ2v) is 8.93. The van der Waals surface area contributed by atoms with Crippen LogP contribution in [0.4, 0.5) is 0 Å². The van der Waals surface area contributed by atoms with E-state index in [0.717, 1.165) is 15.6 Å². The largest absolute Gasteiger partial charge is 0.492 e. The van der Waals surface area contributed by atoms with Crippen molar-refractivity contribution in [2.24, 2.45) is 0 Å². The summed E-state index contributed by atoms with van der Waals surface area (Å²) >= 11 is 3.40. The van der Waals surface area contributed by atoms with E-state index in [0.29, 0.717) is 42.1 Å². The molecule has 0 N–H and O–H groups in total. The van der Waals surface area contributed by atoms with Gasteiger partial charge in [0.05, 0.1) is 18.8 Å². The summed E-state index contributed by atoms with van der Waals surface area (Å²) in [6.07, 6.45) is 1.36. The minimum atomic E-state index is -0.552. The normalized spacial score (nSPS) is 10.5. The summed E-state index contributed by atoms with van der Waals surface area (Å²) in [5, 5.41) is 0. The van der Waals surface area contributed by atoms with Crippen molar-refractivity contribution in [3.63, 3.8) is 0 Å². The minimum Gasteiger partial charge on any atom is -0.492 e. The average Bonchev–Trinajstić information content (AvgIpc) is 2.91. The fourth-order valence-corrected chi connectivity index (χ4v) is 3.88. The van der Waals surface area contributed by atoms with Gasteiger partial charge in [0, 0.05) is 17.3 Å². The first-order valence-electron chi connectivity index (χ1n) is 11.6. The number of rotatable bonds is 10. The Balaban J connectivity index is 1.33. The molecule has 5 nitrogen and oxygen atoms in total. The third kappa shape index (κ3) is 7.30. The number of carbonyl (C=O) groups is 2. The van der Waals surface area contributed by atoms with Gasteiger partial charge in [0.1, 0.15) is 17.1 Å². The maximum Gasteiger partial charge on any atom is 0.347 e. The second-order valence-electron chi connectivity index (χ2n) is 8.01. The highest BCUT2D eigenvalue weighted by atomic mass is 79.9. The standard InChI is InChI=1S/C30H25BrO5/c31-25-13-16-28(34-19-17-22-7-3-1-4-8-22)27(21-25)30(33)36-26-14-11-24(12-15-26)29(32)35-20-18-23-9-5-2-6-10-23/h1-16,21H,17-20H2. The fourth-order valence-electron chi connectivity index (χ4n) is 3.52. The first kappa shape index (κ1) is 25.2. The molecular formula is C30H25BrO5. The number of hydrogen-bond acceptors (Lipinski definition) is 5. The first-order chi connectivity index (χ1) is 17.6. The zero-order valence-corrected chi connectivity index (χ0v) is 21.1. The Kier molecular flexibility index (Phi) is 8.89. The molecule has 4 aromatic carbocycles. The molecule has 4 rings (SSSR count). The molecule has 0 radical (unpaired) electrons. The van der Waals surface area contributed by atoms with Gasteiger partial charge in [-0.15, -0.1) is 0 Å². The molecule has 0 amide bonds. The second kappa shape index (κ2) is 12.7. The van der Waals surface area contributed by atoms with E-state index in [4.69, 9.17) is 14.2 Å². The fraction of sp³-hybridized carbons (Fsp3) is 0.133. The highest BCUT2D eigenvalue weighted by Gasteiger charge is 2.17. The predicted octanol–water partition coefficient (Wildman–Crippen LogP) is 6.69. The number of benzene rings is 4. The lowest BCUT2D eigenvalue weighted by Crippen LogP contribution is -2.12. The van der Waals surface area contributed by atoms with Crippen LogP contribution in [0.25, 0.3) is 0 Å². The molecule has 4 aromatic rings. The number of carbonyl (C=O) groups excluding carboxylic acids is 2. The highest BCUT2D eigenvalue weighted by Crippen LogP contribution is 2.25. The van der Waals surface area contributed by atoms with Gasteiger partial charge in [-0.1, -0.05) is 76.6 Å². The van der Waals surface area contributed by atoms with E-state index in [1.807, 2.05) is 66.7 Å². The van der Waals surface area contributed by atoms with Crippen molar-refractivity contribution >= 4 is 27.9 Å². The van der Waals surface area contributed by atoms with Crippen LogP contribution in [0.15, 0.2) is 108 Å². The van der Waals surface area contributed by atoms with E-state index in [1.165, 1.54) is 0 Å². The smallest absolute Gasteiger partial charge is 0.347 e. The molecule has 36 heavy (non-hydrogen) atoms. The Bertz CT molecular complexity index is 1290. The van der Waals surface area contributed by atoms with Crippen LogP contribution in [0.3, 0.4) is 0 Å². The van der Waals surface area contributed by atoms with Crippen LogP contribution in [0.2, 0.25) is 0 Å². The average molecular weight is 545 g/mol. The van der Waals surface area contributed by atoms with Crippen molar-refractivity contribution in [2.45, 2.75) is 12.8 Å². The monoisotopic (exact) mass is 544 g/mol. The van der Waals surface area contributed by atoms with Crippen molar-refractivity contribution < 1.29 is 23.8 Å². The van der Waals surface area contributed by atoms with Gasteiger partial charge in [-0.05, 0) is 53.6 Å². The number of hydrogen-bond donors (Lipinski definition) is 0. The van der Waals surface area contributed by atoms with Gasteiger partial charge >= 0.3 is 11.9 Å². The molecule has 6 heteroatoms. The lowest BCUT2D eigenvalue weighted by atomic mass is 10.1. The van der Waals surface area contributed by atoms with Crippen LogP contribution in [0, 0.1) is 0 Å². The summed E-state index contributed by atoms with van der Waals surface area (Å²) in [5.41, 5.74) is 2.94. The van der Waals surface area contributed by atoms with Crippen LogP contribution in [-0.4, -0.2) is 25.2 Å². The Morgan fingerprint density at radius 1 is 0.667 bits per heavy atom. The molecule has 0 fully saturated rings. The van der Waals surface area contributed by atoms with Crippen molar-refractivity contribution in [2.75, 3.05) is 13.2 Å². The van der Waals surface area contributed by atoms with Gasteiger partial charge in [0.15, 0.2) is 0 Å². The molecule has 0 aromatic heterocycles. The Labute approximate surface area is 218 Å². The van der Waals surface area contributed by atoms with Crippen molar-refractivity contribution in [3.8, 4) is 11.5 Å². The van der Waals surface area contributed by atoms with Crippen LogP contribution in [0.5, 0.6) is 11.5 Å². The Hall–Kier alpha value is -3.90. The molecule has 182 valence electrons. The van der Waals surface area contributed by atoms with Gasteiger partial charge in [-0.25, -0.2) is 9.59 Å². The molecule has 0 atom stereocenters. The van der Waals surface area contributed by atoms with E-state index in [1.54, 1.807) is 36.4 Å². The van der Waals surface area contributed by atoms with Gasteiger partial charge < -0.3 is 14.2 Å². The Morgan fingerprint density at radius 3 is 1.92 bits per heavy atom. The van der Waals surface area contributed by atoms with Crippen molar-refractivity contribution in [1.29, 1.82) is 0 Å².